The molecule has 1 aliphatic heterocycles. The molecule has 0 radical (unpaired) electrons. The molecule has 1 heterocycles. The highest BCUT2D eigenvalue weighted by molar-refractivity contribution is 5.73. The third-order valence-corrected chi connectivity index (χ3v) is 2.15. The Kier molecular flexibility index (Phi) is 3.49. The standard InChI is InChI=1S/C8H16N2O2/c1-7-6-12-5-4-10(7)3-2-8(9)11/h7H,2-6H2,1H3,(H2,9,11). The summed E-state index contributed by atoms with van der Waals surface area (Å²) in [5, 5.41) is 0. The van der Waals surface area contributed by atoms with Crippen molar-refractivity contribution in [1.82, 2.24) is 4.90 Å². The molecule has 1 atom stereocenters. The Morgan fingerprint density at radius 2 is 2.50 bits per heavy atom. The fourth-order valence-corrected chi connectivity index (χ4v) is 1.35. The maximum Gasteiger partial charge on any atom is 0.218 e. The third kappa shape index (κ3) is 2.79. The first-order valence-corrected chi connectivity index (χ1v) is 4.30. The lowest BCUT2D eigenvalue weighted by atomic mass is 10.2. The van der Waals surface area contributed by atoms with Crippen molar-refractivity contribution in [2.24, 2.45) is 5.73 Å². The van der Waals surface area contributed by atoms with Gasteiger partial charge in [0.1, 0.15) is 0 Å². The second-order valence-electron chi connectivity index (χ2n) is 3.18. The van der Waals surface area contributed by atoms with Gasteiger partial charge >= 0.3 is 0 Å². The summed E-state index contributed by atoms with van der Waals surface area (Å²) in [5.41, 5.74) is 5.06. The second-order valence-corrected chi connectivity index (χ2v) is 3.18. The van der Waals surface area contributed by atoms with Gasteiger partial charge in [-0.1, -0.05) is 0 Å². The van der Waals surface area contributed by atoms with Gasteiger partial charge in [-0.15, -0.1) is 0 Å². The highest BCUT2D eigenvalue weighted by Crippen LogP contribution is 2.05. The van der Waals surface area contributed by atoms with Gasteiger partial charge < -0.3 is 10.5 Å². The van der Waals surface area contributed by atoms with Crippen LogP contribution in [0.15, 0.2) is 0 Å². The number of hydrogen-bond acceptors (Lipinski definition) is 3. The fourth-order valence-electron chi connectivity index (χ4n) is 1.35. The first-order chi connectivity index (χ1) is 5.70. The summed E-state index contributed by atoms with van der Waals surface area (Å²) < 4.78 is 5.26. The van der Waals surface area contributed by atoms with Crippen LogP contribution in [-0.4, -0.2) is 43.2 Å². The number of ether oxygens (including phenoxy) is 1. The highest BCUT2D eigenvalue weighted by Gasteiger charge is 2.18. The van der Waals surface area contributed by atoms with Gasteiger partial charge in [0.25, 0.3) is 0 Å². The number of primary amides is 1. The van der Waals surface area contributed by atoms with E-state index in [0.717, 1.165) is 26.3 Å². The minimum absolute atomic E-state index is 0.228. The molecular weight excluding hydrogens is 156 g/mol. The predicted molar refractivity (Wildman–Crippen MR) is 45.7 cm³/mol. The Labute approximate surface area is 72.7 Å². The summed E-state index contributed by atoms with van der Waals surface area (Å²) in [5.74, 6) is -0.228. The molecular formula is C8H16N2O2. The summed E-state index contributed by atoms with van der Waals surface area (Å²) in [6, 6.07) is 0.415. The van der Waals surface area contributed by atoms with Crippen molar-refractivity contribution in [2.75, 3.05) is 26.3 Å². The second kappa shape index (κ2) is 4.42. The summed E-state index contributed by atoms with van der Waals surface area (Å²) in [6.07, 6.45) is 0.449. The SMILES string of the molecule is CC1COCCN1CCC(N)=O. The zero-order chi connectivity index (χ0) is 8.97. The molecule has 1 amide bonds. The molecule has 70 valence electrons. The molecule has 12 heavy (non-hydrogen) atoms. The largest absolute Gasteiger partial charge is 0.379 e. The number of carbonyl (C=O) groups is 1. The van der Waals surface area contributed by atoms with Crippen LogP contribution in [0.3, 0.4) is 0 Å². The molecule has 1 fully saturated rings. The predicted octanol–water partition coefficient (Wildman–Crippen LogP) is -0.417. The summed E-state index contributed by atoms with van der Waals surface area (Å²) in [6.45, 7) is 5.30. The maximum atomic E-state index is 10.5. The quantitative estimate of drug-likeness (QED) is 0.629. The van der Waals surface area contributed by atoms with Crippen molar-refractivity contribution in [3.63, 3.8) is 0 Å². The lowest BCUT2D eigenvalue weighted by Crippen LogP contribution is -2.44. The van der Waals surface area contributed by atoms with E-state index in [1.807, 2.05) is 0 Å². The molecule has 0 saturated carbocycles. The molecule has 4 heteroatoms. The van der Waals surface area contributed by atoms with Gasteiger partial charge in [0.15, 0.2) is 0 Å². The van der Waals surface area contributed by atoms with Crippen LogP contribution in [0.5, 0.6) is 0 Å². The van der Waals surface area contributed by atoms with E-state index in [4.69, 9.17) is 10.5 Å². The van der Waals surface area contributed by atoms with Crippen molar-refractivity contribution in [3.8, 4) is 0 Å². The molecule has 1 saturated heterocycles. The summed E-state index contributed by atoms with van der Waals surface area (Å²) >= 11 is 0. The van der Waals surface area contributed by atoms with Crippen LogP contribution in [0, 0.1) is 0 Å². The molecule has 0 aliphatic carbocycles. The van der Waals surface area contributed by atoms with E-state index in [1.165, 1.54) is 0 Å². The molecule has 0 bridgehead atoms. The highest BCUT2D eigenvalue weighted by atomic mass is 16.5. The lowest BCUT2D eigenvalue weighted by molar-refractivity contribution is -0.118. The Bertz CT molecular complexity index is 161. The third-order valence-electron chi connectivity index (χ3n) is 2.15. The van der Waals surface area contributed by atoms with Crippen molar-refractivity contribution >= 4 is 5.91 Å². The first-order valence-electron chi connectivity index (χ1n) is 4.30. The number of amides is 1. The summed E-state index contributed by atoms with van der Waals surface area (Å²) in [4.78, 5) is 12.7. The average Bonchev–Trinajstić information content (AvgIpc) is 2.03. The number of nitrogens with two attached hydrogens (primary N) is 1. The Hall–Kier alpha value is -0.610. The van der Waals surface area contributed by atoms with Crippen LogP contribution in [0.1, 0.15) is 13.3 Å². The van der Waals surface area contributed by atoms with Crippen LogP contribution in [-0.2, 0) is 9.53 Å². The van der Waals surface area contributed by atoms with E-state index < -0.39 is 0 Å². The van der Waals surface area contributed by atoms with Gasteiger partial charge in [-0.05, 0) is 6.92 Å². The molecule has 1 rings (SSSR count). The van der Waals surface area contributed by atoms with Crippen molar-refractivity contribution in [2.45, 2.75) is 19.4 Å². The molecule has 0 aromatic rings. The number of rotatable bonds is 3. The fraction of sp³-hybridized carbons (Fsp3) is 0.875. The van der Waals surface area contributed by atoms with E-state index in [0.29, 0.717) is 12.5 Å². The van der Waals surface area contributed by atoms with Crippen LogP contribution >= 0.6 is 0 Å². The Morgan fingerprint density at radius 3 is 3.08 bits per heavy atom. The van der Waals surface area contributed by atoms with E-state index in [2.05, 4.69) is 11.8 Å². The number of hydrogen-bond donors (Lipinski definition) is 1. The smallest absolute Gasteiger partial charge is 0.218 e. The van der Waals surface area contributed by atoms with E-state index in [1.54, 1.807) is 0 Å². The van der Waals surface area contributed by atoms with E-state index in [9.17, 15) is 4.79 Å². The zero-order valence-corrected chi connectivity index (χ0v) is 7.45. The summed E-state index contributed by atoms with van der Waals surface area (Å²) in [7, 11) is 0. The van der Waals surface area contributed by atoms with Gasteiger partial charge in [-0.3, -0.25) is 9.69 Å². The van der Waals surface area contributed by atoms with E-state index in [-0.39, 0.29) is 5.91 Å². The topological polar surface area (TPSA) is 55.6 Å². The van der Waals surface area contributed by atoms with Gasteiger partial charge in [-0.25, -0.2) is 0 Å². The minimum atomic E-state index is -0.228. The van der Waals surface area contributed by atoms with Crippen molar-refractivity contribution < 1.29 is 9.53 Å². The first kappa shape index (κ1) is 9.48. The van der Waals surface area contributed by atoms with Crippen LogP contribution < -0.4 is 5.73 Å². The maximum absolute atomic E-state index is 10.5. The monoisotopic (exact) mass is 172 g/mol. The Balaban J connectivity index is 2.24. The minimum Gasteiger partial charge on any atom is -0.379 e. The average molecular weight is 172 g/mol. The molecule has 0 aromatic carbocycles. The van der Waals surface area contributed by atoms with Gasteiger partial charge in [0.2, 0.25) is 5.91 Å². The van der Waals surface area contributed by atoms with Gasteiger partial charge in [0, 0.05) is 25.6 Å². The van der Waals surface area contributed by atoms with Crippen molar-refractivity contribution in [1.29, 1.82) is 0 Å². The number of morpholine rings is 1. The molecule has 0 spiro atoms. The molecule has 4 nitrogen and oxygen atoms in total. The van der Waals surface area contributed by atoms with Crippen LogP contribution in [0.4, 0.5) is 0 Å². The van der Waals surface area contributed by atoms with Gasteiger partial charge in [0.05, 0.1) is 13.2 Å². The van der Waals surface area contributed by atoms with Crippen LogP contribution in [0.2, 0.25) is 0 Å². The van der Waals surface area contributed by atoms with Crippen LogP contribution in [0.25, 0.3) is 0 Å². The molecule has 0 aromatic heterocycles. The van der Waals surface area contributed by atoms with Crippen molar-refractivity contribution in [3.05, 3.63) is 0 Å². The van der Waals surface area contributed by atoms with E-state index >= 15 is 0 Å². The zero-order valence-electron chi connectivity index (χ0n) is 7.45. The molecule has 1 unspecified atom stereocenters. The lowest BCUT2D eigenvalue weighted by Gasteiger charge is -2.32. The molecule has 2 N–H and O–H groups in total. The normalized spacial score (nSPS) is 25.6. The number of carbonyl (C=O) groups excluding carboxylic acids is 1. The number of nitrogens with zero attached hydrogens (tertiary/aromatic N) is 1. The Morgan fingerprint density at radius 1 is 1.75 bits per heavy atom. The molecule has 1 aliphatic rings. The van der Waals surface area contributed by atoms with Gasteiger partial charge in [-0.2, -0.15) is 0 Å².